The number of carbonyl (C=O) groups is 2. The SMILES string of the molecule is CC1=CC(=O)C(=O)C2C(c3ccccc3)=CN(S(=O)(=O)c3ccccc3)C12. The molecule has 0 spiro atoms. The van der Waals surface area contributed by atoms with Crippen LogP contribution in [0.5, 0.6) is 0 Å². The van der Waals surface area contributed by atoms with Gasteiger partial charge in [0.15, 0.2) is 0 Å². The van der Waals surface area contributed by atoms with Gasteiger partial charge in [-0.25, -0.2) is 8.42 Å². The second-order valence-corrected chi connectivity index (χ2v) is 8.48. The molecule has 1 heterocycles. The lowest BCUT2D eigenvalue weighted by Gasteiger charge is -2.31. The maximum Gasteiger partial charge on any atom is 0.264 e. The Kier molecular flexibility index (Phi) is 4.08. The summed E-state index contributed by atoms with van der Waals surface area (Å²) in [7, 11) is -3.87. The Morgan fingerprint density at radius 2 is 1.48 bits per heavy atom. The summed E-state index contributed by atoms with van der Waals surface area (Å²) in [5, 5.41) is 0. The second-order valence-electron chi connectivity index (χ2n) is 6.64. The van der Waals surface area contributed by atoms with Crippen molar-refractivity contribution in [3.63, 3.8) is 0 Å². The van der Waals surface area contributed by atoms with Gasteiger partial charge in [0.1, 0.15) is 0 Å². The smallest absolute Gasteiger partial charge is 0.264 e. The van der Waals surface area contributed by atoms with E-state index >= 15 is 0 Å². The van der Waals surface area contributed by atoms with Crippen LogP contribution in [-0.2, 0) is 19.6 Å². The van der Waals surface area contributed by atoms with Crippen LogP contribution in [0.25, 0.3) is 5.57 Å². The van der Waals surface area contributed by atoms with E-state index in [9.17, 15) is 18.0 Å². The molecule has 5 nitrogen and oxygen atoms in total. The summed E-state index contributed by atoms with van der Waals surface area (Å²) >= 11 is 0. The highest BCUT2D eigenvalue weighted by Gasteiger charge is 2.49. The van der Waals surface area contributed by atoms with Gasteiger partial charge in [-0.05, 0) is 41.8 Å². The largest absolute Gasteiger partial charge is 0.290 e. The summed E-state index contributed by atoms with van der Waals surface area (Å²) in [6, 6.07) is 16.5. The lowest BCUT2D eigenvalue weighted by atomic mass is 9.78. The molecule has 1 aliphatic heterocycles. The van der Waals surface area contributed by atoms with Gasteiger partial charge < -0.3 is 0 Å². The number of hydrogen-bond acceptors (Lipinski definition) is 4. The molecule has 2 aromatic rings. The van der Waals surface area contributed by atoms with E-state index in [1.54, 1.807) is 25.1 Å². The van der Waals surface area contributed by atoms with E-state index in [1.807, 2.05) is 30.3 Å². The van der Waals surface area contributed by atoms with Crippen molar-refractivity contribution in [1.82, 2.24) is 4.31 Å². The van der Waals surface area contributed by atoms with Crippen LogP contribution in [0.3, 0.4) is 0 Å². The van der Waals surface area contributed by atoms with Crippen LogP contribution in [0.15, 0.2) is 83.4 Å². The fourth-order valence-electron chi connectivity index (χ4n) is 3.70. The minimum absolute atomic E-state index is 0.145. The van der Waals surface area contributed by atoms with Crippen LogP contribution in [0, 0.1) is 5.92 Å². The number of hydrogen-bond donors (Lipinski definition) is 0. The summed E-state index contributed by atoms with van der Waals surface area (Å²) in [4.78, 5) is 25.0. The maximum absolute atomic E-state index is 13.3. The molecule has 1 aliphatic carbocycles. The molecule has 0 amide bonds. The van der Waals surface area contributed by atoms with Gasteiger partial charge in [0, 0.05) is 6.20 Å². The van der Waals surface area contributed by atoms with Gasteiger partial charge >= 0.3 is 0 Å². The normalized spacial score (nSPS) is 22.3. The van der Waals surface area contributed by atoms with Crippen molar-refractivity contribution in [3.8, 4) is 0 Å². The monoisotopic (exact) mass is 379 g/mol. The summed E-state index contributed by atoms with van der Waals surface area (Å²) in [5.41, 5.74) is 1.84. The molecule has 136 valence electrons. The molecule has 6 heteroatoms. The number of ketones is 2. The number of benzene rings is 2. The van der Waals surface area contributed by atoms with Crippen molar-refractivity contribution in [3.05, 3.63) is 84.1 Å². The van der Waals surface area contributed by atoms with Gasteiger partial charge in [0.05, 0.1) is 16.9 Å². The van der Waals surface area contributed by atoms with Gasteiger partial charge in [0.25, 0.3) is 10.0 Å². The van der Waals surface area contributed by atoms with E-state index in [2.05, 4.69) is 0 Å². The third kappa shape index (κ3) is 2.73. The number of carbonyl (C=O) groups excluding carboxylic acids is 2. The first-order chi connectivity index (χ1) is 12.9. The van der Waals surface area contributed by atoms with Gasteiger partial charge in [-0.1, -0.05) is 48.5 Å². The Bertz CT molecular complexity index is 1090. The quantitative estimate of drug-likeness (QED) is 0.769. The van der Waals surface area contributed by atoms with Crippen molar-refractivity contribution in [1.29, 1.82) is 0 Å². The highest BCUT2D eigenvalue weighted by Crippen LogP contribution is 2.43. The van der Waals surface area contributed by atoms with E-state index in [1.165, 1.54) is 28.7 Å². The van der Waals surface area contributed by atoms with Crippen LogP contribution < -0.4 is 0 Å². The van der Waals surface area contributed by atoms with E-state index < -0.39 is 33.5 Å². The summed E-state index contributed by atoms with van der Waals surface area (Å²) in [5.74, 6) is -2.00. The summed E-state index contributed by atoms with van der Waals surface area (Å²) < 4.78 is 27.7. The molecule has 4 rings (SSSR count). The minimum Gasteiger partial charge on any atom is -0.290 e. The highest BCUT2D eigenvalue weighted by atomic mass is 32.2. The standard InChI is InChI=1S/C21H17NO4S/c1-14-12-18(23)21(24)19-17(15-8-4-2-5-9-15)13-22(20(14)19)27(25,26)16-10-6-3-7-11-16/h2-13,19-20H,1H3. The zero-order chi connectivity index (χ0) is 19.2. The Hall–Kier alpha value is -2.99. The van der Waals surface area contributed by atoms with Gasteiger partial charge in [-0.2, -0.15) is 0 Å². The number of sulfonamides is 1. The molecule has 2 atom stereocenters. The summed E-state index contributed by atoms with van der Waals surface area (Å²) in [6.45, 7) is 1.69. The van der Waals surface area contributed by atoms with Crippen molar-refractivity contribution < 1.29 is 18.0 Å². The van der Waals surface area contributed by atoms with E-state index in [-0.39, 0.29) is 4.90 Å². The average molecular weight is 379 g/mol. The molecule has 0 saturated carbocycles. The number of rotatable bonds is 3. The number of Topliss-reactive ketones (excluding diaryl/α,β-unsaturated/α-hetero) is 1. The molecule has 2 aliphatic rings. The molecule has 0 radical (unpaired) electrons. The Morgan fingerprint density at radius 3 is 2.11 bits per heavy atom. The third-order valence-electron chi connectivity index (χ3n) is 4.97. The van der Waals surface area contributed by atoms with Crippen LogP contribution >= 0.6 is 0 Å². The second kappa shape index (κ2) is 6.32. The van der Waals surface area contributed by atoms with Crippen LogP contribution in [-0.4, -0.2) is 30.3 Å². The molecule has 0 fully saturated rings. The van der Waals surface area contributed by atoms with Crippen molar-refractivity contribution in [2.45, 2.75) is 17.9 Å². The van der Waals surface area contributed by atoms with Crippen LogP contribution in [0.2, 0.25) is 0 Å². The first kappa shape index (κ1) is 17.4. The zero-order valence-electron chi connectivity index (χ0n) is 14.6. The number of nitrogens with zero attached hydrogens (tertiary/aromatic N) is 1. The Balaban J connectivity index is 1.91. The number of fused-ring (bicyclic) bond motifs is 1. The Labute approximate surface area is 157 Å². The lowest BCUT2D eigenvalue weighted by Crippen LogP contribution is -2.44. The molecular formula is C21H17NO4S. The van der Waals surface area contributed by atoms with Crippen LogP contribution in [0.1, 0.15) is 12.5 Å². The fourth-order valence-corrected chi connectivity index (χ4v) is 5.28. The van der Waals surface area contributed by atoms with Gasteiger partial charge in [0.2, 0.25) is 11.6 Å². The molecule has 2 unspecified atom stereocenters. The topological polar surface area (TPSA) is 71.5 Å². The molecule has 0 saturated heterocycles. The first-order valence-corrected chi connectivity index (χ1v) is 9.97. The van der Waals surface area contributed by atoms with E-state index in [4.69, 9.17) is 0 Å². The first-order valence-electron chi connectivity index (χ1n) is 8.53. The zero-order valence-corrected chi connectivity index (χ0v) is 15.4. The molecule has 0 bridgehead atoms. The van der Waals surface area contributed by atoms with E-state index in [0.29, 0.717) is 11.1 Å². The Morgan fingerprint density at radius 1 is 0.889 bits per heavy atom. The van der Waals surface area contributed by atoms with Crippen molar-refractivity contribution in [2.24, 2.45) is 5.92 Å². The van der Waals surface area contributed by atoms with Crippen molar-refractivity contribution >= 4 is 27.2 Å². The predicted molar refractivity (Wildman–Crippen MR) is 101 cm³/mol. The maximum atomic E-state index is 13.3. The highest BCUT2D eigenvalue weighted by molar-refractivity contribution is 7.89. The molecule has 0 aromatic heterocycles. The van der Waals surface area contributed by atoms with E-state index in [0.717, 1.165) is 5.56 Å². The van der Waals surface area contributed by atoms with Gasteiger partial charge in [-0.15, -0.1) is 0 Å². The lowest BCUT2D eigenvalue weighted by molar-refractivity contribution is -0.136. The molecule has 0 N–H and O–H groups in total. The molecular weight excluding hydrogens is 362 g/mol. The predicted octanol–water partition coefficient (Wildman–Crippen LogP) is 2.81. The average Bonchev–Trinajstić information content (AvgIpc) is 3.10. The van der Waals surface area contributed by atoms with Crippen LogP contribution in [0.4, 0.5) is 0 Å². The number of allylic oxidation sites excluding steroid dienone is 1. The molecule has 27 heavy (non-hydrogen) atoms. The third-order valence-corrected chi connectivity index (χ3v) is 6.72. The fraction of sp³-hybridized carbons (Fsp3) is 0.143. The van der Waals surface area contributed by atoms with Gasteiger partial charge in [-0.3, -0.25) is 13.9 Å². The minimum atomic E-state index is -3.87. The molecule has 2 aromatic carbocycles. The summed E-state index contributed by atoms with van der Waals surface area (Å²) in [6.07, 6.45) is 2.75. The van der Waals surface area contributed by atoms with Crippen molar-refractivity contribution in [2.75, 3.05) is 0 Å².